The summed E-state index contributed by atoms with van der Waals surface area (Å²) >= 11 is 0. The van der Waals surface area contributed by atoms with Crippen molar-refractivity contribution in [2.45, 2.75) is 18.5 Å². The summed E-state index contributed by atoms with van der Waals surface area (Å²) in [6, 6.07) is 0. The summed E-state index contributed by atoms with van der Waals surface area (Å²) < 4.78 is 107. The van der Waals surface area contributed by atoms with Crippen LogP contribution in [0.15, 0.2) is 11.6 Å². The van der Waals surface area contributed by atoms with Gasteiger partial charge in [0, 0.05) is 0 Å². The number of carboxylic acids is 1. The first-order valence-corrected chi connectivity index (χ1v) is 3.81. The Bertz CT molecular complexity index is 331. The number of hydrogen-bond acceptors (Lipinski definition) is 2. The van der Waals surface area contributed by atoms with Gasteiger partial charge in [0.25, 0.3) is 0 Å². The maximum absolute atomic E-state index is 11.9. The fourth-order valence-corrected chi connectivity index (χ4v) is 0.819. The monoisotopic (exact) mass is 289 g/mol. The second-order valence-electron chi connectivity index (χ2n) is 2.93. The van der Waals surface area contributed by atoms with Crippen LogP contribution in [0, 0.1) is 5.92 Å². The highest BCUT2D eigenvalue weighted by molar-refractivity contribution is 5.86. The second-order valence-corrected chi connectivity index (χ2v) is 2.93. The lowest BCUT2D eigenvalue weighted by molar-refractivity contribution is -0.304. The van der Waals surface area contributed by atoms with Crippen molar-refractivity contribution in [1.82, 2.24) is 0 Å². The molecule has 0 bridgehead atoms. The minimum Gasteiger partial charge on any atom is -0.545 e. The standard InChI is InChI=1S/C7H3F9O2/c8-5(9,10)2(4(17)18)1-3(6(11,12)13)7(14,15)16/h1,3H,(H,17,18)/p-1. The number of carboxylic acid groups (broad SMARTS) is 1. The summed E-state index contributed by atoms with van der Waals surface area (Å²) in [5.74, 6) is -7.72. The molecule has 106 valence electrons. The summed E-state index contributed by atoms with van der Waals surface area (Å²) in [4.78, 5) is 9.90. The van der Waals surface area contributed by atoms with Gasteiger partial charge in [0.1, 0.15) is 0 Å². The number of aliphatic carboxylic acids is 1. The van der Waals surface area contributed by atoms with Gasteiger partial charge in [0.15, 0.2) is 5.92 Å². The normalized spacial score (nSPS) is 15.1. The van der Waals surface area contributed by atoms with E-state index in [9.17, 15) is 49.4 Å². The fraction of sp³-hybridized carbons (Fsp3) is 0.571. The van der Waals surface area contributed by atoms with Gasteiger partial charge >= 0.3 is 18.5 Å². The summed E-state index contributed by atoms with van der Waals surface area (Å²) in [5.41, 5.74) is -3.04. The average Bonchev–Trinajstić information content (AvgIpc) is 1.94. The number of halogens is 9. The van der Waals surface area contributed by atoms with E-state index in [1.165, 1.54) is 0 Å². The van der Waals surface area contributed by atoms with Crippen LogP contribution in [0.2, 0.25) is 0 Å². The Morgan fingerprint density at radius 2 is 1.22 bits per heavy atom. The summed E-state index contributed by atoms with van der Waals surface area (Å²) in [5, 5.41) is 9.90. The minimum absolute atomic E-state index is 1.46. The van der Waals surface area contributed by atoms with Crippen LogP contribution in [-0.2, 0) is 4.79 Å². The molecule has 11 heteroatoms. The van der Waals surface area contributed by atoms with E-state index < -0.39 is 42.1 Å². The molecule has 0 rings (SSSR count). The third kappa shape index (κ3) is 4.45. The molecule has 0 atom stereocenters. The molecule has 0 saturated heterocycles. The third-order valence-corrected chi connectivity index (χ3v) is 1.56. The van der Waals surface area contributed by atoms with Crippen molar-refractivity contribution >= 4 is 5.97 Å². The number of rotatable bonds is 2. The van der Waals surface area contributed by atoms with E-state index in [2.05, 4.69) is 0 Å². The van der Waals surface area contributed by atoms with Crippen molar-refractivity contribution in [2.75, 3.05) is 0 Å². The zero-order valence-corrected chi connectivity index (χ0v) is 7.87. The Balaban J connectivity index is 5.74. The van der Waals surface area contributed by atoms with E-state index in [1.807, 2.05) is 0 Å². The van der Waals surface area contributed by atoms with Crippen LogP contribution < -0.4 is 5.11 Å². The zero-order valence-electron chi connectivity index (χ0n) is 7.87. The van der Waals surface area contributed by atoms with Crippen molar-refractivity contribution in [3.8, 4) is 0 Å². The Hall–Kier alpha value is -1.42. The molecular weight excluding hydrogens is 287 g/mol. The van der Waals surface area contributed by atoms with E-state index >= 15 is 0 Å². The van der Waals surface area contributed by atoms with Crippen molar-refractivity contribution in [1.29, 1.82) is 0 Å². The van der Waals surface area contributed by atoms with Gasteiger partial charge in [-0.1, -0.05) is 0 Å². The third-order valence-electron chi connectivity index (χ3n) is 1.56. The van der Waals surface area contributed by atoms with Crippen LogP contribution in [0.1, 0.15) is 0 Å². The van der Waals surface area contributed by atoms with E-state index in [0.717, 1.165) is 0 Å². The number of allylic oxidation sites excluding steroid dienone is 1. The van der Waals surface area contributed by atoms with Gasteiger partial charge in [-0.2, -0.15) is 39.5 Å². The SMILES string of the molecule is O=C([O-])C(=CC(C(F)(F)F)C(F)(F)F)C(F)(F)F. The van der Waals surface area contributed by atoms with Gasteiger partial charge in [-0.25, -0.2) is 0 Å². The molecule has 0 radical (unpaired) electrons. The Morgan fingerprint density at radius 1 is 0.889 bits per heavy atom. The smallest absolute Gasteiger partial charge is 0.417 e. The Labute approximate surface area is 92.7 Å². The molecule has 0 amide bonds. The van der Waals surface area contributed by atoms with Crippen LogP contribution >= 0.6 is 0 Å². The van der Waals surface area contributed by atoms with E-state index in [4.69, 9.17) is 0 Å². The van der Waals surface area contributed by atoms with E-state index in [1.54, 1.807) is 0 Å². The number of hydrogen-bond donors (Lipinski definition) is 0. The zero-order chi connectivity index (χ0) is 14.9. The lowest BCUT2D eigenvalue weighted by atomic mass is 10.0. The van der Waals surface area contributed by atoms with Crippen molar-refractivity contribution in [3.05, 3.63) is 11.6 Å². The maximum atomic E-state index is 11.9. The van der Waals surface area contributed by atoms with E-state index in [-0.39, 0.29) is 0 Å². The van der Waals surface area contributed by atoms with Crippen molar-refractivity contribution in [3.63, 3.8) is 0 Å². The predicted octanol–water partition coefficient (Wildman–Crippen LogP) is 1.97. The number of carbonyl (C=O) groups excluding carboxylic acids is 1. The molecule has 2 nitrogen and oxygen atoms in total. The number of alkyl halides is 9. The quantitative estimate of drug-likeness (QED) is 0.576. The molecule has 0 N–H and O–H groups in total. The van der Waals surface area contributed by atoms with Crippen molar-refractivity contribution in [2.24, 2.45) is 5.92 Å². The molecule has 18 heavy (non-hydrogen) atoms. The molecular formula is C7H2F9O2-. The van der Waals surface area contributed by atoms with Gasteiger partial charge in [0.2, 0.25) is 0 Å². The molecule has 0 heterocycles. The predicted molar refractivity (Wildman–Crippen MR) is 34.7 cm³/mol. The first-order valence-electron chi connectivity index (χ1n) is 3.81. The Morgan fingerprint density at radius 3 is 1.39 bits per heavy atom. The number of carbonyl (C=O) groups is 1. The van der Waals surface area contributed by atoms with Gasteiger partial charge in [-0.3, -0.25) is 0 Å². The molecule has 0 aliphatic carbocycles. The molecule has 0 fully saturated rings. The van der Waals surface area contributed by atoms with Gasteiger partial charge < -0.3 is 9.90 Å². The van der Waals surface area contributed by atoms with Gasteiger partial charge in [-0.05, 0) is 6.08 Å². The van der Waals surface area contributed by atoms with Crippen LogP contribution in [0.5, 0.6) is 0 Å². The van der Waals surface area contributed by atoms with E-state index in [0.29, 0.717) is 0 Å². The molecule has 0 aromatic carbocycles. The summed E-state index contributed by atoms with van der Waals surface area (Å²) in [6.45, 7) is 0. The molecule has 0 aromatic rings. The minimum atomic E-state index is -6.11. The maximum Gasteiger partial charge on any atom is 0.417 e. The first kappa shape index (κ1) is 16.6. The first-order chi connectivity index (χ1) is 7.67. The fourth-order valence-electron chi connectivity index (χ4n) is 0.819. The molecule has 0 saturated carbocycles. The molecule has 0 aliphatic heterocycles. The lowest BCUT2D eigenvalue weighted by Crippen LogP contribution is -2.39. The van der Waals surface area contributed by atoms with Crippen LogP contribution in [0.4, 0.5) is 39.5 Å². The molecule has 0 unspecified atom stereocenters. The van der Waals surface area contributed by atoms with Gasteiger partial charge in [0.05, 0.1) is 11.5 Å². The topological polar surface area (TPSA) is 40.1 Å². The molecule has 0 aromatic heterocycles. The Kier molecular flexibility index (Phi) is 4.32. The second kappa shape index (κ2) is 4.69. The molecule has 0 aliphatic rings. The highest BCUT2D eigenvalue weighted by atomic mass is 19.4. The lowest BCUT2D eigenvalue weighted by Gasteiger charge is -2.22. The summed E-state index contributed by atoms with van der Waals surface area (Å²) in [6.07, 6.45) is -19.6. The van der Waals surface area contributed by atoms with Crippen LogP contribution in [0.25, 0.3) is 0 Å². The largest absolute Gasteiger partial charge is 0.545 e. The van der Waals surface area contributed by atoms with Crippen LogP contribution in [-0.4, -0.2) is 24.5 Å². The summed E-state index contributed by atoms with van der Waals surface area (Å²) in [7, 11) is 0. The molecule has 0 spiro atoms. The van der Waals surface area contributed by atoms with Gasteiger partial charge in [-0.15, -0.1) is 0 Å². The average molecular weight is 289 g/mol. The highest BCUT2D eigenvalue weighted by Crippen LogP contribution is 2.42. The van der Waals surface area contributed by atoms with Crippen LogP contribution in [0.3, 0.4) is 0 Å². The highest BCUT2D eigenvalue weighted by Gasteiger charge is 2.56. The van der Waals surface area contributed by atoms with Crippen molar-refractivity contribution < 1.29 is 49.4 Å².